The van der Waals surface area contributed by atoms with Crippen LogP contribution in [-0.4, -0.2) is 12.6 Å². The lowest BCUT2D eigenvalue weighted by Crippen LogP contribution is -2.91. The molecule has 1 nitrogen and oxygen atoms in total. The highest BCUT2D eigenvalue weighted by atomic mass is 14.9. The van der Waals surface area contributed by atoms with Crippen LogP contribution in [-0.2, 0) is 0 Å². The summed E-state index contributed by atoms with van der Waals surface area (Å²) in [6.45, 7) is 3.66. The Kier molecular flexibility index (Phi) is 3.81. The number of hydrogen-bond acceptors (Lipinski definition) is 0. The van der Waals surface area contributed by atoms with Crippen LogP contribution in [0.2, 0.25) is 0 Å². The summed E-state index contributed by atoms with van der Waals surface area (Å²) in [7, 11) is 0. The quantitative estimate of drug-likeness (QED) is 0.611. The van der Waals surface area contributed by atoms with Crippen molar-refractivity contribution in [2.45, 2.75) is 51.5 Å². The van der Waals surface area contributed by atoms with Crippen molar-refractivity contribution in [1.29, 1.82) is 0 Å². The second-order valence-electron chi connectivity index (χ2n) is 3.42. The standard InChI is InChI=1S/C9H19N/c1-2-3-6-9-7-4-5-8-10-9/h9-10H,2-8H2,1H3/p+1/t9-/m1/s1. The minimum absolute atomic E-state index is 0.980. The highest BCUT2D eigenvalue weighted by Crippen LogP contribution is 2.07. The molecule has 0 saturated carbocycles. The van der Waals surface area contributed by atoms with Crippen molar-refractivity contribution in [3.63, 3.8) is 0 Å². The molecule has 1 heteroatoms. The van der Waals surface area contributed by atoms with Crippen LogP contribution in [0.1, 0.15) is 45.4 Å². The third kappa shape index (κ3) is 2.70. The molecular weight excluding hydrogens is 122 g/mol. The summed E-state index contributed by atoms with van der Waals surface area (Å²) >= 11 is 0. The van der Waals surface area contributed by atoms with Gasteiger partial charge < -0.3 is 5.32 Å². The second kappa shape index (κ2) is 4.73. The summed E-state index contributed by atoms with van der Waals surface area (Å²) in [6.07, 6.45) is 8.65. The van der Waals surface area contributed by atoms with E-state index in [0.717, 1.165) is 6.04 Å². The summed E-state index contributed by atoms with van der Waals surface area (Å²) in [5.74, 6) is 0. The van der Waals surface area contributed by atoms with Crippen molar-refractivity contribution >= 4 is 0 Å². The number of piperidine rings is 1. The Morgan fingerprint density at radius 2 is 2.30 bits per heavy atom. The molecule has 0 aromatic rings. The van der Waals surface area contributed by atoms with Crippen LogP contribution in [0.5, 0.6) is 0 Å². The fourth-order valence-electron chi connectivity index (χ4n) is 1.75. The molecule has 1 aliphatic heterocycles. The first kappa shape index (κ1) is 8.06. The zero-order valence-corrected chi connectivity index (χ0v) is 7.10. The van der Waals surface area contributed by atoms with Gasteiger partial charge in [-0.25, -0.2) is 0 Å². The van der Waals surface area contributed by atoms with Crippen molar-refractivity contribution < 1.29 is 5.32 Å². The number of nitrogens with two attached hydrogens (primary N) is 1. The van der Waals surface area contributed by atoms with Crippen LogP contribution in [0.3, 0.4) is 0 Å². The predicted molar refractivity (Wildman–Crippen MR) is 44.0 cm³/mol. The summed E-state index contributed by atoms with van der Waals surface area (Å²) in [6, 6.07) is 0.980. The van der Waals surface area contributed by atoms with E-state index in [1.807, 2.05) is 0 Å². The van der Waals surface area contributed by atoms with Crippen LogP contribution in [0, 0.1) is 0 Å². The minimum Gasteiger partial charge on any atom is -0.344 e. The van der Waals surface area contributed by atoms with Crippen LogP contribution >= 0.6 is 0 Å². The Morgan fingerprint density at radius 1 is 1.40 bits per heavy atom. The molecule has 0 bridgehead atoms. The lowest BCUT2D eigenvalue weighted by molar-refractivity contribution is -0.698. The van der Waals surface area contributed by atoms with Crippen molar-refractivity contribution in [2.24, 2.45) is 0 Å². The summed E-state index contributed by atoms with van der Waals surface area (Å²) in [5.41, 5.74) is 0. The molecule has 1 fully saturated rings. The molecule has 0 spiro atoms. The number of rotatable bonds is 3. The van der Waals surface area contributed by atoms with E-state index in [1.165, 1.54) is 45.1 Å². The van der Waals surface area contributed by atoms with E-state index in [2.05, 4.69) is 12.2 Å². The lowest BCUT2D eigenvalue weighted by atomic mass is 10.0. The Balaban J connectivity index is 2.02. The maximum Gasteiger partial charge on any atom is 0.0859 e. The fourth-order valence-corrected chi connectivity index (χ4v) is 1.75. The highest BCUT2D eigenvalue weighted by Gasteiger charge is 2.14. The lowest BCUT2D eigenvalue weighted by Gasteiger charge is -2.19. The van der Waals surface area contributed by atoms with Gasteiger partial charge in [0.1, 0.15) is 0 Å². The molecule has 1 aliphatic rings. The van der Waals surface area contributed by atoms with Crippen LogP contribution < -0.4 is 5.32 Å². The minimum atomic E-state index is 0.980. The Hall–Kier alpha value is -0.0400. The topological polar surface area (TPSA) is 16.6 Å². The number of hydrogen-bond donors (Lipinski definition) is 1. The molecule has 0 aliphatic carbocycles. The maximum atomic E-state index is 2.54. The average Bonchev–Trinajstić information content (AvgIpc) is 2.03. The molecule has 2 N–H and O–H groups in total. The molecule has 0 radical (unpaired) electrons. The molecule has 1 rings (SSSR count). The molecule has 60 valence electrons. The van der Waals surface area contributed by atoms with E-state index in [1.54, 1.807) is 0 Å². The van der Waals surface area contributed by atoms with Crippen molar-refractivity contribution in [3.05, 3.63) is 0 Å². The first-order valence-electron chi connectivity index (χ1n) is 4.77. The van der Waals surface area contributed by atoms with Crippen LogP contribution in [0.25, 0.3) is 0 Å². The van der Waals surface area contributed by atoms with Crippen LogP contribution in [0.15, 0.2) is 0 Å². The molecule has 1 saturated heterocycles. The van der Waals surface area contributed by atoms with Gasteiger partial charge >= 0.3 is 0 Å². The molecule has 0 aromatic carbocycles. The fraction of sp³-hybridized carbons (Fsp3) is 1.00. The van der Waals surface area contributed by atoms with Gasteiger partial charge in [-0.2, -0.15) is 0 Å². The molecule has 1 heterocycles. The van der Waals surface area contributed by atoms with Gasteiger partial charge in [-0.05, 0) is 32.1 Å². The molecule has 0 unspecified atom stereocenters. The molecule has 0 aromatic heterocycles. The third-order valence-corrected chi connectivity index (χ3v) is 2.46. The summed E-state index contributed by atoms with van der Waals surface area (Å²) < 4.78 is 0. The number of quaternary nitrogens is 1. The van der Waals surface area contributed by atoms with E-state index >= 15 is 0 Å². The van der Waals surface area contributed by atoms with Crippen LogP contribution in [0.4, 0.5) is 0 Å². The van der Waals surface area contributed by atoms with E-state index in [-0.39, 0.29) is 0 Å². The van der Waals surface area contributed by atoms with Gasteiger partial charge in [0.15, 0.2) is 0 Å². The average molecular weight is 142 g/mol. The van der Waals surface area contributed by atoms with Crippen molar-refractivity contribution in [3.8, 4) is 0 Å². The summed E-state index contributed by atoms with van der Waals surface area (Å²) in [5, 5.41) is 2.54. The van der Waals surface area contributed by atoms with E-state index in [9.17, 15) is 0 Å². The smallest absolute Gasteiger partial charge is 0.0859 e. The first-order chi connectivity index (χ1) is 4.93. The highest BCUT2D eigenvalue weighted by molar-refractivity contribution is 4.58. The SMILES string of the molecule is CCCC[C@@H]1CCCC[NH2+]1. The van der Waals surface area contributed by atoms with E-state index < -0.39 is 0 Å². The molecule has 0 amide bonds. The van der Waals surface area contributed by atoms with E-state index in [0.29, 0.717) is 0 Å². The third-order valence-electron chi connectivity index (χ3n) is 2.46. The summed E-state index contributed by atoms with van der Waals surface area (Å²) in [4.78, 5) is 0. The zero-order chi connectivity index (χ0) is 7.23. The van der Waals surface area contributed by atoms with Gasteiger partial charge in [-0.3, -0.25) is 0 Å². The van der Waals surface area contributed by atoms with Gasteiger partial charge in [0.05, 0.1) is 12.6 Å². The Bertz CT molecular complexity index is 74.8. The molecular formula is C9H20N+. The van der Waals surface area contributed by atoms with Gasteiger partial charge in [-0.1, -0.05) is 13.3 Å². The largest absolute Gasteiger partial charge is 0.344 e. The van der Waals surface area contributed by atoms with Gasteiger partial charge in [0, 0.05) is 0 Å². The Morgan fingerprint density at radius 3 is 2.90 bits per heavy atom. The van der Waals surface area contributed by atoms with Gasteiger partial charge in [0.2, 0.25) is 0 Å². The second-order valence-corrected chi connectivity index (χ2v) is 3.42. The van der Waals surface area contributed by atoms with Gasteiger partial charge in [0.25, 0.3) is 0 Å². The normalized spacial score (nSPS) is 26.7. The number of unbranched alkanes of at least 4 members (excludes halogenated alkanes) is 1. The predicted octanol–water partition coefficient (Wildman–Crippen LogP) is 1.29. The van der Waals surface area contributed by atoms with Crippen molar-refractivity contribution in [1.82, 2.24) is 0 Å². The molecule has 1 atom stereocenters. The van der Waals surface area contributed by atoms with Crippen molar-refractivity contribution in [2.75, 3.05) is 6.54 Å². The van der Waals surface area contributed by atoms with E-state index in [4.69, 9.17) is 0 Å². The molecule has 10 heavy (non-hydrogen) atoms. The first-order valence-corrected chi connectivity index (χ1v) is 4.77. The maximum absolute atomic E-state index is 2.54. The monoisotopic (exact) mass is 142 g/mol. The van der Waals surface area contributed by atoms with Gasteiger partial charge in [-0.15, -0.1) is 0 Å². The Labute approximate surface area is 64.2 Å². The zero-order valence-electron chi connectivity index (χ0n) is 7.10.